The van der Waals surface area contributed by atoms with Crippen LogP contribution < -0.4 is 10.5 Å². The second-order valence-corrected chi connectivity index (χ2v) is 10.0. The van der Waals surface area contributed by atoms with Gasteiger partial charge in [-0.2, -0.15) is 0 Å². The number of nitrogens with zero attached hydrogens (tertiary/aromatic N) is 2. The molecule has 1 aromatic carbocycles. The number of halogens is 1. The lowest BCUT2D eigenvalue weighted by Crippen LogP contribution is -2.22. The van der Waals surface area contributed by atoms with E-state index in [-0.39, 0.29) is 5.78 Å². The topological polar surface area (TPSA) is 110 Å². The van der Waals surface area contributed by atoms with Gasteiger partial charge in [-0.3, -0.25) is 9.93 Å². The molecule has 0 fully saturated rings. The molecule has 0 saturated carbocycles. The smallest absolute Gasteiger partial charge is 0.208 e. The summed E-state index contributed by atoms with van der Waals surface area (Å²) < 4.78 is 6.12. The Morgan fingerprint density at radius 3 is 2.94 bits per heavy atom. The first-order chi connectivity index (χ1) is 15.9. The van der Waals surface area contributed by atoms with E-state index in [4.69, 9.17) is 9.32 Å². The van der Waals surface area contributed by atoms with Gasteiger partial charge in [-0.1, -0.05) is 41.4 Å². The normalized spacial score (nSPS) is 14.0. The average molecular weight is 552 g/mol. The maximum absolute atomic E-state index is 13.3. The number of anilines is 1. The van der Waals surface area contributed by atoms with Crippen molar-refractivity contribution in [1.82, 2.24) is 9.97 Å². The minimum atomic E-state index is -1.23. The monoisotopic (exact) mass is 550 g/mol. The Kier molecular flexibility index (Phi) is 9.42. The van der Waals surface area contributed by atoms with Crippen molar-refractivity contribution < 1.29 is 14.1 Å². The van der Waals surface area contributed by atoms with Crippen LogP contribution in [0.4, 0.5) is 5.82 Å². The summed E-state index contributed by atoms with van der Waals surface area (Å²) in [6.07, 6.45) is 4.76. The molecule has 4 N–H and O–H groups in total. The molecule has 3 aromatic rings. The van der Waals surface area contributed by atoms with Crippen LogP contribution in [-0.2, 0) is 9.78 Å². The zero-order chi connectivity index (χ0) is 23.8. The van der Waals surface area contributed by atoms with E-state index in [2.05, 4.69) is 38.1 Å². The number of ketones is 1. The fourth-order valence-corrected chi connectivity index (χ4v) is 5.01. The van der Waals surface area contributed by atoms with Crippen LogP contribution >= 0.6 is 39.5 Å². The van der Waals surface area contributed by atoms with Gasteiger partial charge in [0.05, 0.1) is 29.3 Å². The lowest BCUT2D eigenvalue weighted by molar-refractivity contribution is 0.102. The van der Waals surface area contributed by atoms with Crippen LogP contribution in [0.2, 0.25) is 0 Å². The third-order valence-corrected chi connectivity index (χ3v) is 7.22. The molecule has 3 rings (SSSR count). The Hall–Kier alpha value is -1.82. The molecule has 2 unspecified atom stereocenters. The Labute approximate surface area is 210 Å². The molecule has 0 bridgehead atoms. The summed E-state index contributed by atoms with van der Waals surface area (Å²) >= 11 is 5.61. The molecule has 0 aliphatic carbocycles. The zero-order valence-corrected chi connectivity index (χ0v) is 21.7. The molecule has 7 nitrogen and oxygen atoms in total. The SMILES string of the molecule is CCC(CCNc1ncncc1C(=O)c1cc(C(C)(O)c2cccc(Br)c2)cs1)COSN. The zero-order valence-electron chi connectivity index (χ0n) is 18.5. The van der Waals surface area contributed by atoms with Crippen molar-refractivity contribution >= 4 is 51.1 Å². The highest BCUT2D eigenvalue weighted by Crippen LogP contribution is 2.34. The molecular weight excluding hydrogens is 524 g/mol. The van der Waals surface area contributed by atoms with E-state index in [0.29, 0.717) is 40.9 Å². The molecule has 2 heterocycles. The van der Waals surface area contributed by atoms with Gasteiger partial charge in [-0.25, -0.2) is 9.97 Å². The second-order valence-electron chi connectivity index (χ2n) is 7.77. The van der Waals surface area contributed by atoms with Crippen molar-refractivity contribution in [2.24, 2.45) is 11.1 Å². The first-order valence-corrected chi connectivity index (χ1v) is 13.0. The van der Waals surface area contributed by atoms with Crippen molar-refractivity contribution in [1.29, 1.82) is 0 Å². The lowest BCUT2D eigenvalue weighted by Gasteiger charge is -2.23. The minimum absolute atomic E-state index is 0.186. The van der Waals surface area contributed by atoms with Crippen LogP contribution in [0.1, 0.15) is 53.1 Å². The number of nitrogens with two attached hydrogens (primary N) is 1. The molecule has 2 aromatic heterocycles. The average Bonchev–Trinajstić information content (AvgIpc) is 3.32. The van der Waals surface area contributed by atoms with Gasteiger partial charge in [0.15, 0.2) is 0 Å². The van der Waals surface area contributed by atoms with Crippen molar-refractivity contribution in [3.8, 4) is 0 Å². The predicted molar refractivity (Wildman–Crippen MR) is 137 cm³/mol. The van der Waals surface area contributed by atoms with Crippen LogP contribution in [0.25, 0.3) is 0 Å². The molecular formula is C23H27BrN4O3S2. The van der Waals surface area contributed by atoms with E-state index in [0.717, 1.165) is 35.1 Å². The fraction of sp³-hybridized carbons (Fsp3) is 0.348. The molecule has 33 heavy (non-hydrogen) atoms. The Morgan fingerprint density at radius 1 is 1.39 bits per heavy atom. The van der Waals surface area contributed by atoms with E-state index in [1.165, 1.54) is 23.9 Å². The number of aliphatic hydroxyl groups is 1. The van der Waals surface area contributed by atoms with Crippen LogP contribution in [0.3, 0.4) is 0 Å². The molecule has 0 aliphatic heterocycles. The summed E-state index contributed by atoms with van der Waals surface area (Å²) in [6, 6.07) is 9.24. The van der Waals surface area contributed by atoms with Gasteiger partial charge in [-0.15, -0.1) is 11.3 Å². The standard InChI is InChI=1S/C23H27BrN4O3S2/c1-3-15(12-31-33-25)7-8-27-22-19(11-26-14-28-22)21(29)20-10-17(13-32-20)23(2,30)16-5-4-6-18(24)9-16/h4-6,9-11,13-15,30H,3,7-8,12,25H2,1-2H3,(H,26,27,28). The summed E-state index contributed by atoms with van der Waals surface area (Å²) in [6.45, 7) is 5.04. The van der Waals surface area contributed by atoms with Crippen molar-refractivity contribution in [2.75, 3.05) is 18.5 Å². The quantitative estimate of drug-likeness (QED) is 0.161. The van der Waals surface area contributed by atoms with Gasteiger partial charge in [0.25, 0.3) is 0 Å². The number of carbonyl (C=O) groups is 1. The van der Waals surface area contributed by atoms with Crippen molar-refractivity contribution in [3.63, 3.8) is 0 Å². The van der Waals surface area contributed by atoms with Crippen molar-refractivity contribution in [2.45, 2.75) is 32.3 Å². The van der Waals surface area contributed by atoms with Gasteiger partial charge in [-0.05, 0) is 54.0 Å². The third-order valence-electron chi connectivity index (χ3n) is 5.52. The number of nitrogens with one attached hydrogen (secondary N) is 1. The highest BCUT2D eigenvalue weighted by atomic mass is 79.9. The first-order valence-electron chi connectivity index (χ1n) is 10.5. The summed E-state index contributed by atoms with van der Waals surface area (Å²) in [5, 5.41) is 21.6. The maximum atomic E-state index is 13.3. The second kappa shape index (κ2) is 12.0. The van der Waals surface area contributed by atoms with Gasteiger partial charge in [0, 0.05) is 17.2 Å². The predicted octanol–water partition coefficient (Wildman–Crippen LogP) is 5.15. The first kappa shape index (κ1) is 25.8. The summed E-state index contributed by atoms with van der Waals surface area (Å²) in [5.41, 5.74) is 0.562. The fourth-order valence-electron chi connectivity index (χ4n) is 3.37. The number of rotatable bonds is 12. The summed E-state index contributed by atoms with van der Waals surface area (Å²) in [4.78, 5) is 22.1. The van der Waals surface area contributed by atoms with Gasteiger partial charge in [0.1, 0.15) is 17.7 Å². The molecule has 0 amide bonds. The molecule has 0 aliphatic rings. The van der Waals surface area contributed by atoms with Gasteiger partial charge in [0.2, 0.25) is 5.78 Å². The van der Waals surface area contributed by atoms with Crippen LogP contribution in [0.5, 0.6) is 0 Å². The largest absolute Gasteiger partial charge is 0.381 e. The van der Waals surface area contributed by atoms with E-state index in [1.807, 2.05) is 29.6 Å². The number of hydrogen-bond acceptors (Lipinski definition) is 9. The van der Waals surface area contributed by atoms with Crippen LogP contribution in [-0.4, -0.2) is 34.0 Å². The summed E-state index contributed by atoms with van der Waals surface area (Å²) in [5.74, 6) is 0.664. The highest BCUT2D eigenvalue weighted by molar-refractivity contribution is 9.10. The van der Waals surface area contributed by atoms with E-state index >= 15 is 0 Å². The molecule has 10 heteroatoms. The van der Waals surface area contributed by atoms with E-state index in [1.54, 1.807) is 13.0 Å². The van der Waals surface area contributed by atoms with Gasteiger partial charge >= 0.3 is 0 Å². The number of hydrogen-bond donors (Lipinski definition) is 3. The number of thiophene rings is 1. The number of benzene rings is 1. The number of carbonyl (C=O) groups excluding carboxylic acids is 1. The molecule has 2 atom stereocenters. The molecule has 176 valence electrons. The maximum Gasteiger partial charge on any atom is 0.208 e. The third kappa shape index (κ3) is 6.62. The van der Waals surface area contributed by atoms with Crippen molar-refractivity contribution in [3.05, 3.63) is 74.3 Å². The van der Waals surface area contributed by atoms with E-state index < -0.39 is 5.60 Å². The molecule has 0 radical (unpaired) electrons. The summed E-state index contributed by atoms with van der Waals surface area (Å²) in [7, 11) is 0. The lowest BCUT2D eigenvalue weighted by atomic mass is 9.90. The Morgan fingerprint density at radius 2 is 2.21 bits per heavy atom. The Bertz CT molecular complexity index is 1080. The minimum Gasteiger partial charge on any atom is -0.381 e. The molecule has 0 spiro atoms. The number of aromatic nitrogens is 2. The van der Waals surface area contributed by atoms with E-state index in [9.17, 15) is 9.90 Å². The van der Waals surface area contributed by atoms with Crippen LogP contribution in [0, 0.1) is 5.92 Å². The Balaban J connectivity index is 1.74. The highest BCUT2D eigenvalue weighted by Gasteiger charge is 2.28. The van der Waals surface area contributed by atoms with Gasteiger partial charge < -0.3 is 14.6 Å². The molecule has 0 saturated heterocycles. The van der Waals surface area contributed by atoms with Crippen LogP contribution in [0.15, 0.2) is 52.7 Å².